The van der Waals surface area contributed by atoms with Crippen LogP contribution in [0, 0.1) is 5.41 Å². The van der Waals surface area contributed by atoms with E-state index >= 15 is 0 Å². The molecule has 3 aromatic carbocycles. The normalized spacial score (nSPS) is 26.4. The highest BCUT2D eigenvalue weighted by Gasteiger charge is 2.61. The Kier molecular flexibility index (Phi) is 4.84. The highest BCUT2D eigenvalue weighted by molar-refractivity contribution is 5.90. The van der Waals surface area contributed by atoms with E-state index in [1.807, 2.05) is 0 Å². The molecule has 0 bridgehead atoms. The van der Waals surface area contributed by atoms with E-state index in [0.717, 1.165) is 12.8 Å². The second-order valence-electron chi connectivity index (χ2n) is 9.41. The van der Waals surface area contributed by atoms with E-state index < -0.39 is 0 Å². The van der Waals surface area contributed by atoms with Crippen LogP contribution < -0.4 is 9.80 Å². The Morgan fingerprint density at radius 2 is 1.26 bits per heavy atom. The molecule has 2 heterocycles. The van der Waals surface area contributed by atoms with Gasteiger partial charge in [0.2, 0.25) is 0 Å². The number of hydrogen-bond donors (Lipinski definition) is 0. The zero-order valence-corrected chi connectivity index (χ0v) is 19.3. The van der Waals surface area contributed by atoms with Crippen LogP contribution in [0.15, 0.2) is 78.9 Å². The van der Waals surface area contributed by atoms with E-state index in [9.17, 15) is 0 Å². The van der Waals surface area contributed by atoms with E-state index in [1.54, 1.807) is 0 Å². The molecule has 0 spiro atoms. The third kappa shape index (κ3) is 2.57. The van der Waals surface area contributed by atoms with Crippen molar-refractivity contribution >= 4 is 22.7 Å². The van der Waals surface area contributed by atoms with E-state index in [-0.39, 0.29) is 17.0 Å². The van der Waals surface area contributed by atoms with E-state index in [4.69, 9.17) is 0 Å². The maximum atomic E-state index is 2.64. The third-order valence-corrected chi connectivity index (χ3v) is 8.28. The first-order valence-corrected chi connectivity index (χ1v) is 11.9. The molecule has 2 aliphatic rings. The highest BCUT2D eigenvalue weighted by atomic mass is 15.4. The number of fused-ring (bicyclic) bond motifs is 5. The molecule has 160 valence electrons. The Labute approximate surface area is 187 Å². The van der Waals surface area contributed by atoms with Gasteiger partial charge in [-0.2, -0.15) is 0 Å². The smallest absolute Gasteiger partial charge is 0.117 e. The fourth-order valence-corrected chi connectivity index (χ4v) is 6.73. The van der Waals surface area contributed by atoms with Gasteiger partial charge in [-0.25, -0.2) is 0 Å². The summed E-state index contributed by atoms with van der Waals surface area (Å²) in [6.45, 7) is 9.71. The van der Waals surface area contributed by atoms with Gasteiger partial charge < -0.3 is 9.80 Å². The number of nitrogens with zero attached hydrogens (tertiary/aromatic N) is 2. The first kappa shape index (κ1) is 20.2. The molecule has 0 fully saturated rings. The molecule has 2 aliphatic heterocycles. The van der Waals surface area contributed by atoms with Crippen LogP contribution in [0.4, 0.5) is 22.7 Å². The number of rotatable bonds is 5. The monoisotopic (exact) mass is 410 g/mol. The van der Waals surface area contributed by atoms with Crippen LogP contribution in [-0.2, 0) is 5.41 Å². The fourth-order valence-electron chi connectivity index (χ4n) is 6.73. The van der Waals surface area contributed by atoms with Crippen LogP contribution in [0.2, 0.25) is 0 Å². The Morgan fingerprint density at radius 1 is 0.677 bits per heavy atom. The van der Waals surface area contributed by atoms with Crippen molar-refractivity contribution in [1.29, 1.82) is 0 Å². The highest BCUT2D eigenvalue weighted by Crippen LogP contribution is 2.65. The molecule has 3 unspecified atom stereocenters. The number of para-hydroxylation sites is 4. The van der Waals surface area contributed by atoms with Gasteiger partial charge in [0.1, 0.15) is 6.17 Å². The van der Waals surface area contributed by atoms with Gasteiger partial charge in [-0.15, -0.1) is 0 Å². The van der Waals surface area contributed by atoms with Gasteiger partial charge in [0.25, 0.3) is 0 Å². The lowest BCUT2D eigenvalue weighted by Crippen LogP contribution is -2.63. The van der Waals surface area contributed by atoms with Crippen molar-refractivity contribution < 1.29 is 0 Å². The summed E-state index contributed by atoms with van der Waals surface area (Å²) in [4.78, 5) is 5.26. The van der Waals surface area contributed by atoms with Crippen molar-refractivity contribution in [3.8, 4) is 0 Å². The molecule has 0 saturated heterocycles. The molecule has 0 aliphatic carbocycles. The Morgan fingerprint density at radius 3 is 1.87 bits per heavy atom. The van der Waals surface area contributed by atoms with Gasteiger partial charge in [-0.3, -0.25) is 0 Å². The van der Waals surface area contributed by atoms with Crippen molar-refractivity contribution in [3.63, 3.8) is 0 Å². The molecule has 31 heavy (non-hydrogen) atoms. The summed E-state index contributed by atoms with van der Waals surface area (Å²) in [5.74, 6) is 0. The van der Waals surface area contributed by atoms with E-state index in [1.165, 1.54) is 41.2 Å². The molecule has 2 heteroatoms. The molecule has 2 nitrogen and oxygen atoms in total. The molecule has 3 atom stereocenters. The lowest BCUT2D eigenvalue weighted by atomic mass is 9.52. The van der Waals surface area contributed by atoms with Gasteiger partial charge in [0.05, 0.1) is 11.4 Å². The van der Waals surface area contributed by atoms with Gasteiger partial charge in [0, 0.05) is 22.2 Å². The fraction of sp³-hybridized carbons (Fsp3) is 0.379. The zero-order chi connectivity index (χ0) is 21.6. The molecular weight excluding hydrogens is 376 g/mol. The van der Waals surface area contributed by atoms with Crippen LogP contribution >= 0.6 is 0 Å². The van der Waals surface area contributed by atoms with Crippen LogP contribution in [0.3, 0.4) is 0 Å². The first-order valence-electron chi connectivity index (χ1n) is 11.9. The largest absolute Gasteiger partial charge is 0.318 e. The Bertz CT molecular complexity index is 1070. The molecule has 0 aromatic heterocycles. The van der Waals surface area contributed by atoms with Gasteiger partial charge in [-0.05, 0) is 55.2 Å². The van der Waals surface area contributed by atoms with Crippen LogP contribution in [-0.4, -0.2) is 6.17 Å². The standard InChI is InChI=1S/C29H34N2/c1-5-21-29(7-3)23-17-11-12-18-24(23)31-26-20-14-13-19-25(26)30(22-15-9-8-10-16-22)27(31)28(29,4)6-2/h8-20,27H,5-7,21H2,1-4H3. The molecule has 3 aromatic rings. The zero-order valence-electron chi connectivity index (χ0n) is 19.3. The minimum absolute atomic E-state index is 0.0843. The summed E-state index contributed by atoms with van der Waals surface area (Å²) >= 11 is 0. The number of hydrogen-bond acceptors (Lipinski definition) is 2. The predicted molar refractivity (Wildman–Crippen MR) is 133 cm³/mol. The Balaban J connectivity index is 1.86. The van der Waals surface area contributed by atoms with Gasteiger partial charge in [0.15, 0.2) is 0 Å². The SMILES string of the molecule is CCCC1(CC)c2ccccc2N2c3ccccc3N(c3ccccc3)C2C1(C)CC. The average molecular weight is 411 g/mol. The predicted octanol–water partition coefficient (Wildman–Crippen LogP) is 8.18. The van der Waals surface area contributed by atoms with Gasteiger partial charge in [-0.1, -0.05) is 82.6 Å². The van der Waals surface area contributed by atoms with E-state index in [2.05, 4.69) is 116 Å². The summed E-state index contributed by atoms with van der Waals surface area (Å²) in [6.07, 6.45) is 4.95. The molecule has 0 N–H and O–H groups in total. The van der Waals surface area contributed by atoms with Gasteiger partial charge >= 0.3 is 0 Å². The minimum atomic E-state index is 0.0843. The lowest BCUT2D eigenvalue weighted by molar-refractivity contribution is 0.0725. The minimum Gasteiger partial charge on any atom is -0.318 e. The number of anilines is 4. The second-order valence-corrected chi connectivity index (χ2v) is 9.41. The topological polar surface area (TPSA) is 6.48 Å². The van der Waals surface area contributed by atoms with Crippen LogP contribution in [0.5, 0.6) is 0 Å². The second kappa shape index (κ2) is 7.44. The lowest BCUT2D eigenvalue weighted by Gasteiger charge is -2.60. The molecular formula is C29H34N2. The van der Waals surface area contributed by atoms with Crippen molar-refractivity contribution in [2.75, 3.05) is 9.80 Å². The van der Waals surface area contributed by atoms with Crippen molar-refractivity contribution in [2.45, 2.75) is 65.0 Å². The first-order chi connectivity index (χ1) is 15.1. The Hall–Kier alpha value is -2.74. The summed E-state index contributed by atoms with van der Waals surface area (Å²) in [6, 6.07) is 29.2. The molecule has 0 amide bonds. The molecule has 0 saturated carbocycles. The average Bonchev–Trinajstić information content (AvgIpc) is 3.18. The summed E-state index contributed by atoms with van der Waals surface area (Å²) in [7, 11) is 0. The summed E-state index contributed by atoms with van der Waals surface area (Å²) < 4.78 is 0. The van der Waals surface area contributed by atoms with E-state index in [0.29, 0.717) is 0 Å². The summed E-state index contributed by atoms with van der Waals surface area (Å²) in [5.41, 5.74) is 7.07. The van der Waals surface area contributed by atoms with Crippen molar-refractivity contribution in [1.82, 2.24) is 0 Å². The maximum absolute atomic E-state index is 2.64. The quantitative estimate of drug-likeness (QED) is 0.418. The van der Waals surface area contributed by atoms with Crippen molar-refractivity contribution in [2.24, 2.45) is 5.41 Å². The molecule has 0 radical (unpaired) electrons. The molecule has 5 rings (SSSR count). The van der Waals surface area contributed by atoms with Crippen molar-refractivity contribution in [3.05, 3.63) is 84.4 Å². The third-order valence-electron chi connectivity index (χ3n) is 8.28. The van der Waals surface area contributed by atoms with Crippen LogP contribution in [0.25, 0.3) is 0 Å². The number of benzene rings is 3. The maximum Gasteiger partial charge on any atom is 0.117 e. The summed E-state index contributed by atoms with van der Waals surface area (Å²) in [5, 5.41) is 0. The van der Waals surface area contributed by atoms with Crippen LogP contribution in [0.1, 0.15) is 58.9 Å².